The Hall–Kier alpha value is -1.35. The summed E-state index contributed by atoms with van der Waals surface area (Å²) in [6.45, 7) is 0. The first-order valence-corrected chi connectivity index (χ1v) is 3.67. The summed E-state index contributed by atoms with van der Waals surface area (Å²) in [5.41, 5.74) is 1.62. The molecular weight excluding hydrogens is 178 g/mol. The van der Waals surface area contributed by atoms with Crippen LogP contribution in [0.4, 0.5) is 0 Å². The number of rotatable bonds is 1. The molecule has 0 atom stereocenters. The lowest BCUT2D eigenvalue weighted by atomic mass is 10.2. The number of carbonyl (C=O) groups excluding carboxylic acids is 1. The van der Waals surface area contributed by atoms with Crippen LogP contribution in [0.5, 0.6) is 0 Å². The van der Waals surface area contributed by atoms with E-state index in [9.17, 15) is 4.79 Å². The summed E-state index contributed by atoms with van der Waals surface area (Å²) in [7, 11) is 0. The fourth-order valence-corrected chi connectivity index (χ4v) is 1.28. The predicted octanol–water partition coefficient (Wildman–Crippen LogP) is 2.29. The van der Waals surface area contributed by atoms with E-state index in [1.54, 1.807) is 12.1 Å². The summed E-state index contributed by atoms with van der Waals surface area (Å²) >= 11 is 5.79. The molecule has 0 fully saturated rings. The second kappa shape index (κ2) is 2.60. The highest BCUT2D eigenvalue weighted by Crippen LogP contribution is 2.23. The van der Waals surface area contributed by atoms with Crippen molar-refractivity contribution in [3.8, 4) is 0 Å². The molecule has 0 bridgehead atoms. The van der Waals surface area contributed by atoms with Crippen molar-refractivity contribution in [2.24, 2.45) is 0 Å². The van der Waals surface area contributed by atoms with Crippen LogP contribution < -0.4 is 0 Å². The number of aldehydes is 1. The molecule has 2 rings (SSSR count). The number of aromatic nitrogens is 1. The Morgan fingerprint density at radius 1 is 1.50 bits per heavy atom. The molecule has 0 N–H and O–H groups in total. The molecule has 0 aliphatic heterocycles. The van der Waals surface area contributed by atoms with E-state index in [1.807, 2.05) is 0 Å². The molecule has 0 saturated heterocycles. The minimum Gasteiger partial charge on any atom is -0.442 e. The van der Waals surface area contributed by atoms with Crippen LogP contribution in [0.15, 0.2) is 22.9 Å². The van der Waals surface area contributed by atoms with Crippen LogP contribution in [-0.2, 0) is 0 Å². The topological polar surface area (TPSA) is 43.1 Å². The maximum Gasteiger partial charge on any atom is 0.182 e. The second-order valence-corrected chi connectivity index (χ2v) is 2.73. The van der Waals surface area contributed by atoms with Gasteiger partial charge in [0.05, 0.1) is 5.02 Å². The first-order valence-electron chi connectivity index (χ1n) is 3.29. The van der Waals surface area contributed by atoms with E-state index >= 15 is 0 Å². The first kappa shape index (κ1) is 7.31. The van der Waals surface area contributed by atoms with Crippen molar-refractivity contribution < 1.29 is 9.21 Å². The molecule has 12 heavy (non-hydrogen) atoms. The zero-order valence-corrected chi connectivity index (χ0v) is 6.71. The van der Waals surface area contributed by atoms with Gasteiger partial charge in [0.2, 0.25) is 0 Å². The van der Waals surface area contributed by atoms with Gasteiger partial charge in [0, 0.05) is 5.56 Å². The highest BCUT2D eigenvalue weighted by molar-refractivity contribution is 6.35. The van der Waals surface area contributed by atoms with Crippen LogP contribution in [0.25, 0.3) is 11.1 Å². The maximum atomic E-state index is 10.4. The lowest BCUT2D eigenvalue weighted by Crippen LogP contribution is -1.79. The number of oxazole rings is 1. The van der Waals surface area contributed by atoms with Crippen LogP contribution in [0.2, 0.25) is 5.02 Å². The molecule has 1 aromatic carbocycles. The Morgan fingerprint density at radius 3 is 3.08 bits per heavy atom. The Labute approximate surface area is 73.0 Å². The highest BCUT2D eigenvalue weighted by atomic mass is 35.5. The number of halogens is 1. The average molecular weight is 182 g/mol. The highest BCUT2D eigenvalue weighted by Gasteiger charge is 2.05. The third kappa shape index (κ3) is 0.987. The van der Waals surface area contributed by atoms with Crippen molar-refractivity contribution in [2.75, 3.05) is 0 Å². The summed E-state index contributed by atoms with van der Waals surface area (Å²) in [6.07, 6.45) is 2.02. The summed E-state index contributed by atoms with van der Waals surface area (Å²) in [4.78, 5) is 14.3. The fraction of sp³-hybridized carbons (Fsp3) is 0. The van der Waals surface area contributed by atoms with Crippen LogP contribution in [0.1, 0.15) is 10.4 Å². The largest absolute Gasteiger partial charge is 0.442 e. The number of benzene rings is 1. The van der Waals surface area contributed by atoms with Gasteiger partial charge in [-0.3, -0.25) is 4.79 Å². The lowest BCUT2D eigenvalue weighted by molar-refractivity contribution is 0.112. The molecule has 0 amide bonds. The van der Waals surface area contributed by atoms with Gasteiger partial charge in [0.1, 0.15) is 11.8 Å². The SMILES string of the molecule is O=Cc1cc(Cl)c2ocnc2c1. The van der Waals surface area contributed by atoms with E-state index in [0.29, 0.717) is 21.7 Å². The quantitative estimate of drug-likeness (QED) is 0.634. The van der Waals surface area contributed by atoms with E-state index in [-0.39, 0.29) is 0 Å². The summed E-state index contributed by atoms with van der Waals surface area (Å²) in [6, 6.07) is 3.17. The average Bonchev–Trinajstić information content (AvgIpc) is 2.52. The molecule has 0 radical (unpaired) electrons. The number of carbonyl (C=O) groups is 1. The van der Waals surface area contributed by atoms with E-state index < -0.39 is 0 Å². The molecule has 2 aromatic rings. The summed E-state index contributed by atoms with van der Waals surface area (Å²) in [5, 5.41) is 0.409. The van der Waals surface area contributed by atoms with E-state index in [1.165, 1.54) is 6.39 Å². The van der Waals surface area contributed by atoms with Gasteiger partial charge in [-0.1, -0.05) is 11.6 Å². The molecule has 0 aliphatic carbocycles. The van der Waals surface area contributed by atoms with Crippen LogP contribution >= 0.6 is 11.6 Å². The van der Waals surface area contributed by atoms with Gasteiger partial charge >= 0.3 is 0 Å². The van der Waals surface area contributed by atoms with Crippen LogP contribution in [0.3, 0.4) is 0 Å². The molecule has 3 nitrogen and oxygen atoms in total. The Kier molecular flexibility index (Phi) is 1.59. The molecule has 0 saturated carbocycles. The van der Waals surface area contributed by atoms with Crippen LogP contribution in [0, 0.1) is 0 Å². The molecular formula is C8H4ClNO2. The van der Waals surface area contributed by atoms with Gasteiger partial charge in [0.25, 0.3) is 0 Å². The number of hydrogen-bond donors (Lipinski definition) is 0. The van der Waals surface area contributed by atoms with Crippen molar-refractivity contribution in [1.29, 1.82) is 0 Å². The molecule has 60 valence electrons. The zero-order chi connectivity index (χ0) is 8.55. The molecule has 0 unspecified atom stereocenters. The summed E-state index contributed by atoms with van der Waals surface area (Å²) < 4.78 is 4.99. The first-order chi connectivity index (χ1) is 5.81. The monoisotopic (exact) mass is 181 g/mol. The normalized spacial score (nSPS) is 10.4. The third-order valence-corrected chi connectivity index (χ3v) is 1.83. The number of nitrogens with zero attached hydrogens (tertiary/aromatic N) is 1. The standard InChI is InChI=1S/C8H4ClNO2/c9-6-1-5(3-11)2-7-8(6)12-4-10-7/h1-4H. The maximum absolute atomic E-state index is 10.4. The van der Waals surface area contributed by atoms with Gasteiger partial charge < -0.3 is 4.42 Å². The minimum absolute atomic E-state index is 0.409. The van der Waals surface area contributed by atoms with E-state index in [4.69, 9.17) is 16.0 Å². The van der Waals surface area contributed by atoms with Crippen LogP contribution in [-0.4, -0.2) is 11.3 Å². The third-order valence-electron chi connectivity index (χ3n) is 1.54. The number of fused-ring (bicyclic) bond motifs is 1. The lowest BCUT2D eigenvalue weighted by Gasteiger charge is -1.92. The van der Waals surface area contributed by atoms with Crippen molar-refractivity contribution in [3.05, 3.63) is 29.1 Å². The summed E-state index contributed by atoms with van der Waals surface area (Å²) in [5.74, 6) is 0. The van der Waals surface area contributed by atoms with Crippen molar-refractivity contribution in [2.45, 2.75) is 0 Å². The van der Waals surface area contributed by atoms with Crippen molar-refractivity contribution in [1.82, 2.24) is 4.98 Å². The smallest absolute Gasteiger partial charge is 0.182 e. The van der Waals surface area contributed by atoms with Gasteiger partial charge in [-0.2, -0.15) is 0 Å². The second-order valence-electron chi connectivity index (χ2n) is 2.32. The van der Waals surface area contributed by atoms with Gasteiger partial charge in [-0.05, 0) is 12.1 Å². The molecule has 1 heterocycles. The van der Waals surface area contributed by atoms with Gasteiger partial charge in [-0.25, -0.2) is 4.98 Å². The number of hydrogen-bond acceptors (Lipinski definition) is 3. The van der Waals surface area contributed by atoms with E-state index in [0.717, 1.165) is 6.29 Å². The van der Waals surface area contributed by atoms with Crippen molar-refractivity contribution >= 4 is 29.0 Å². The van der Waals surface area contributed by atoms with Crippen molar-refractivity contribution in [3.63, 3.8) is 0 Å². The predicted molar refractivity (Wildman–Crippen MR) is 44.4 cm³/mol. The minimum atomic E-state index is 0.409. The fourth-order valence-electron chi connectivity index (χ4n) is 1.02. The Balaban J connectivity index is 2.83. The van der Waals surface area contributed by atoms with Gasteiger partial charge in [-0.15, -0.1) is 0 Å². The molecule has 4 heteroatoms. The Bertz CT molecular complexity index is 436. The van der Waals surface area contributed by atoms with Gasteiger partial charge in [0.15, 0.2) is 12.0 Å². The molecule has 0 aliphatic rings. The molecule has 1 aromatic heterocycles. The van der Waals surface area contributed by atoms with E-state index in [2.05, 4.69) is 4.98 Å². The zero-order valence-electron chi connectivity index (χ0n) is 5.95. The Morgan fingerprint density at radius 2 is 2.33 bits per heavy atom. The molecule has 0 spiro atoms.